The first-order valence-corrected chi connectivity index (χ1v) is 33.9. The van der Waals surface area contributed by atoms with E-state index in [1.54, 1.807) is 6.08 Å². The third kappa shape index (κ3) is 61.0. The fourth-order valence-corrected chi connectivity index (χ4v) is 10.4. The van der Waals surface area contributed by atoms with Crippen molar-refractivity contribution in [1.29, 1.82) is 0 Å². The van der Waals surface area contributed by atoms with Gasteiger partial charge in [-0.25, -0.2) is 0 Å². The largest absolute Gasteiger partial charge is 0.466 e. The molecule has 0 bridgehead atoms. The molecule has 0 aromatic rings. The molecule has 0 aliphatic heterocycles. The molecule has 0 saturated carbocycles. The molecule has 0 aromatic carbocycles. The molecule has 0 heterocycles. The maximum absolute atomic E-state index is 12.5. The predicted octanol–water partition coefficient (Wildman–Crippen LogP) is 21.7. The quantitative estimate of drug-likeness (QED) is 0.0320. The molecule has 2 atom stereocenters. The van der Waals surface area contributed by atoms with Crippen LogP contribution in [0, 0.1) is 0 Å². The molecular formula is C70H131NO5. The molecule has 1 amide bonds. The van der Waals surface area contributed by atoms with Gasteiger partial charge in [0.2, 0.25) is 5.91 Å². The number of carbonyl (C=O) groups is 2. The fourth-order valence-electron chi connectivity index (χ4n) is 10.4. The van der Waals surface area contributed by atoms with Crippen molar-refractivity contribution in [2.75, 3.05) is 13.2 Å². The number of rotatable bonds is 63. The number of aliphatic hydroxyl groups excluding tert-OH is 2. The normalized spacial score (nSPS) is 12.8. The van der Waals surface area contributed by atoms with E-state index >= 15 is 0 Å². The minimum atomic E-state index is -0.858. The van der Waals surface area contributed by atoms with E-state index < -0.39 is 12.1 Å². The summed E-state index contributed by atoms with van der Waals surface area (Å²) >= 11 is 0. The van der Waals surface area contributed by atoms with Crippen molar-refractivity contribution in [1.82, 2.24) is 5.32 Å². The van der Waals surface area contributed by atoms with Crippen LogP contribution in [0.4, 0.5) is 0 Å². The zero-order chi connectivity index (χ0) is 55.0. The lowest BCUT2D eigenvalue weighted by molar-refractivity contribution is -0.143. The molecule has 0 aliphatic rings. The van der Waals surface area contributed by atoms with Gasteiger partial charge in [-0.1, -0.05) is 306 Å². The number of aliphatic hydroxyl groups is 2. The first-order valence-electron chi connectivity index (χ1n) is 33.9. The van der Waals surface area contributed by atoms with Gasteiger partial charge in [0.05, 0.1) is 25.4 Å². The van der Waals surface area contributed by atoms with Gasteiger partial charge in [0.15, 0.2) is 0 Å². The van der Waals surface area contributed by atoms with Gasteiger partial charge in [0.1, 0.15) is 0 Å². The van der Waals surface area contributed by atoms with E-state index in [4.69, 9.17) is 4.74 Å². The summed E-state index contributed by atoms with van der Waals surface area (Å²) in [4.78, 5) is 24.6. The molecular weight excluding hydrogens is 935 g/mol. The molecule has 3 N–H and O–H groups in total. The van der Waals surface area contributed by atoms with Crippen LogP contribution in [0.2, 0.25) is 0 Å². The number of amides is 1. The number of allylic oxidation sites excluding steroid dienone is 7. The van der Waals surface area contributed by atoms with Crippen molar-refractivity contribution < 1.29 is 24.5 Å². The highest BCUT2D eigenvalue weighted by Crippen LogP contribution is 2.18. The standard InChI is InChI=1S/C70H131NO5/c1-3-5-7-9-11-13-15-17-19-21-23-24-25-26-27-29-30-34-38-42-46-50-54-58-62-68(73)67(66-72)71-69(74)63-59-55-51-47-43-39-35-32-33-37-41-45-49-53-57-61-65-76-70(75)64-60-56-52-48-44-40-36-31-28-22-20-18-16-14-12-10-8-6-4-2/h12,14,18,20,32,35,58,62,67-68,72-73H,3-11,13,15-17,19,21-31,33-34,36-57,59-61,63-66H2,1-2H3,(H,71,74)/b14-12-,20-18-,35-32-,62-58+. The molecule has 0 aromatic heterocycles. The van der Waals surface area contributed by atoms with Crippen molar-refractivity contribution in [2.24, 2.45) is 0 Å². The molecule has 2 unspecified atom stereocenters. The number of carbonyl (C=O) groups excluding carboxylic acids is 2. The number of nitrogens with one attached hydrogen (secondary N) is 1. The molecule has 76 heavy (non-hydrogen) atoms. The molecule has 0 fully saturated rings. The van der Waals surface area contributed by atoms with Crippen molar-refractivity contribution in [3.63, 3.8) is 0 Å². The first kappa shape index (κ1) is 73.8. The summed E-state index contributed by atoms with van der Waals surface area (Å²) in [7, 11) is 0. The molecule has 0 spiro atoms. The zero-order valence-electron chi connectivity index (χ0n) is 51.0. The third-order valence-corrected chi connectivity index (χ3v) is 15.6. The molecule has 0 aliphatic carbocycles. The molecule has 6 nitrogen and oxygen atoms in total. The second kappa shape index (κ2) is 65.3. The molecule has 6 heteroatoms. The Labute approximate surface area is 474 Å². The van der Waals surface area contributed by atoms with Crippen LogP contribution >= 0.6 is 0 Å². The Morgan fingerprint density at radius 1 is 0.368 bits per heavy atom. The monoisotopic (exact) mass is 1070 g/mol. The highest BCUT2D eigenvalue weighted by molar-refractivity contribution is 5.76. The summed E-state index contributed by atoms with van der Waals surface area (Å²) in [5.41, 5.74) is 0. The van der Waals surface area contributed by atoms with Gasteiger partial charge < -0.3 is 20.3 Å². The van der Waals surface area contributed by atoms with Crippen molar-refractivity contribution >= 4 is 11.9 Å². The van der Waals surface area contributed by atoms with E-state index in [0.717, 1.165) is 70.6 Å². The van der Waals surface area contributed by atoms with E-state index in [9.17, 15) is 19.8 Å². The predicted molar refractivity (Wildman–Crippen MR) is 333 cm³/mol. The lowest BCUT2D eigenvalue weighted by Crippen LogP contribution is -2.45. The van der Waals surface area contributed by atoms with Gasteiger partial charge in [-0.2, -0.15) is 0 Å². The van der Waals surface area contributed by atoms with Crippen LogP contribution in [0.1, 0.15) is 361 Å². The Morgan fingerprint density at radius 2 is 0.658 bits per heavy atom. The zero-order valence-corrected chi connectivity index (χ0v) is 51.0. The fraction of sp³-hybridized carbons (Fsp3) is 0.857. The molecule has 0 rings (SSSR count). The second-order valence-electron chi connectivity index (χ2n) is 23.1. The van der Waals surface area contributed by atoms with Crippen LogP contribution in [0.25, 0.3) is 0 Å². The summed E-state index contributed by atoms with van der Waals surface area (Å²) in [6.07, 6.45) is 84.5. The van der Waals surface area contributed by atoms with E-state index in [1.165, 1.54) is 263 Å². The number of hydrogen-bond acceptors (Lipinski definition) is 5. The average Bonchev–Trinajstić information content (AvgIpc) is 3.42. The lowest BCUT2D eigenvalue weighted by Gasteiger charge is -2.20. The molecule has 0 radical (unpaired) electrons. The number of unbranched alkanes of at least 4 members (excludes halogenated alkanes) is 46. The van der Waals surface area contributed by atoms with Gasteiger partial charge in [-0.15, -0.1) is 0 Å². The van der Waals surface area contributed by atoms with Crippen LogP contribution < -0.4 is 5.32 Å². The smallest absolute Gasteiger partial charge is 0.305 e. The van der Waals surface area contributed by atoms with Crippen LogP contribution in [-0.4, -0.2) is 47.4 Å². The Kier molecular flexibility index (Phi) is 63.5. The Bertz CT molecular complexity index is 1270. The summed E-state index contributed by atoms with van der Waals surface area (Å²) in [5.74, 6) is -0.0896. The average molecular weight is 1070 g/mol. The number of ether oxygens (including phenoxy) is 1. The van der Waals surface area contributed by atoms with Gasteiger partial charge >= 0.3 is 5.97 Å². The van der Waals surface area contributed by atoms with Gasteiger partial charge in [-0.3, -0.25) is 9.59 Å². The second-order valence-corrected chi connectivity index (χ2v) is 23.1. The van der Waals surface area contributed by atoms with Gasteiger partial charge in [0.25, 0.3) is 0 Å². The van der Waals surface area contributed by atoms with Crippen molar-refractivity contribution in [2.45, 2.75) is 373 Å². The highest BCUT2D eigenvalue weighted by atomic mass is 16.5. The van der Waals surface area contributed by atoms with E-state index in [0.29, 0.717) is 19.4 Å². The number of esters is 1. The molecule has 0 saturated heterocycles. The van der Waals surface area contributed by atoms with Crippen LogP contribution in [0.5, 0.6) is 0 Å². The van der Waals surface area contributed by atoms with E-state index in [1.807, 2.05) is 6.08 Å². The molecule has 446 valence electrons. The van der Waals surface area contributed by atoms with Crippen molar-refractivity contribution in [3.05, 3.63) is 48.6 Å². The van der Waals surface area contributed by atoms with Crippen LogP contribution in [-0.2, 0) is 14.3 Å². The van der Waals surface area contributed by atoms with E-state index in [2.05, 4.69) is 55.6 Å². The third-order valence-electron chi connectivity index (χ3n) is 15.6. The van der Waals surface area contributed by atoms with Crippen LogP contribution in [0.15, 0.2) is 48.6 Å². The minimum Gasteiger partial charge on any atom is -0.466 e. The van der Waals surface area contributed by atoms with E-state index in [-0.39, 0.29) is 18.5 Å². The lowest BCUT2D eigenvalue weighted by atomic mass is 10.0. The summed E-state index contributed by atoms with van der Waals surface area (Å²) in [5, 5.41) is 23.2. The first-order chi connectivity index (χ1) is 37.5. The Balaban J connectivity index is 3.48. The SMILES string of the molecule is CCCCC/C=C\C/C=C\CCCCCCCCCCCC(=O)OCCCCCCCCC/C=C\CCCCCCCC(=O)NC(CO)C(O)/C=C/CCCCCCCCCCCCCCCCCCCCCCCC. The maximum atomic E-state index is 12.5. The van der Waals surface area contributed by atoms with Crippen LogP contribution in [0.3, 0.4) is 0 Å². The van der Waals surface area contributed by atoms with Gasteiger partial charge in [0, 0.05) is 12.8 Å². The summed E-state index contributed by atoms with van der Waals surface area (Å²) < 4.78 is 5.49. The maximum Gasteiger partial charge on any atom is 0.305 e. The summed E-state index contributed by atoms with van der Waals surface area (Å²) in [6.45, 7) is 4.88. The topological polar surface area (TPSA) is 95.9 Å². The van der Waals surface area contributed by atoms with Crippen molar-refractivity contribution in [3.8, 4) is 0 Å². The Morgan fingerprint density at radius 3 is 1.04 bits per heavy atom. The minimum absolute atomic E-state index is 0.00723. The Hall–Kier alpha value is -2.18. The number of hydrogen-bond donors (Lipinski definition) is 3. The summed E-state index contributed by atoms with van der Waals surface area (Å²) in [6, 6.07) is -0.643. The highest BCUT2D eigenvalue weighted by Gasteiger charge is 2.18. The van der Waals surface area contributed by atoms with Gasteiger partial charge in [-0.05, 0) is 89.9 Å².